The molecule has 2 atom stereocenters. The molecule has 2 unspecified atom stereocenters. The van der Waals surface area contributed by atoms with Crippen LogP contribution >= 0.6 is 11.8 Å². The van der Waals surface area contributed by atoms with Crippen molar-refractivity contribution in [1.82, 2.24) is 10.2 Å². The third-order valence-electron chi connectivity index (χ3n) is 1.82. The Labute approximate surface area is 97.4 Å². The maximum atomic E-state index is 11.2. The number of aliphatic hydroxyl groups is 1. The van der Waals surface area contributed by atoms with Crippen LogP contribution < -0.4 is 0 Å². The van der Waals surface area contributed by atoms with Crippen molar-refractivity contribution in [1.29, 1.82) is 0 Å². The van der Waals surface area contributed by atoms with Gasteiger partial charge in [0.25, 0.3) is 5.22 Å². The molecule has 1 heterocycles. The fourth-order valence-corrected chi connectivity index (χ4v) is 1.52. The number of aromatic nitrogens is 2. The van der Waals surface area contributed by atoms with Gasteiger partial charge in [-0.1, -0.05) is 23.8 Å². The number of carbonyl (C=O) groups excluding carboxylic acids is 1. The minimum atomic E-state index is -0.633. The highest BCUT2D eigenvalue weighted by atomic mass is 32.2. The summed E-state index contributed by atoms with van der Waals surface area (Å²) >= 11 is 1.21. The molecular formula is C9H14N2O4S. The van der Waals surface area contributed by atoms with Gasteiger partial charge in [-0.25, -0.2) is 4.79 Å². The van der Waals surface area contributed by atoms with E-state index in [9.17, 15) is 9.90 Å². The van der Waals surface area contributed by atoms with Crippen molar-refractivity contribution in [3.05, 3.63) is 5.89 Å². The Hall–Kier alpha value is -1.08. The Kier molecular flexibility index (Phi) is 4.75. The number of hydrogen-bond acceptors (Lipinski definition) is 7. The van der Waals surface area contributed by atoms with Crippen LogP contribution in [0, 0.1) is 0 Å². The average Bonchev–Trinajstić information content (AvgIpc) is 2.66. The summed E-state index contributed by atoms with van der Waals surface area (Å²) in [4.78, 5) is 11.2. The van der Waals surface area contributed by atoms with Crippen molar-refractivity contribution in [2.45, 2.75) is 37.3 Å². The van der Waals surface area contributed by atoms with Gasteiger partial charge in [0.15, 0.2) is 0 Å². The van der Waals surface area contributed by atoms with Gasteiger partial charge in [-0.3, -0.25) is 0 Å². The summed E-state index contributed by atoms with van der Waals surface area (Å²) in [5.74, 6) is -0.798. The lowest BCUT2D eigenvalue weighted by atomic mass is 10.3. The maximum Gasteiger partial charge on any atom is 0.396 e. The van der Waals surface area contributed by atoms with Crippen molar-refractivity contribution in [2.24, 2.45) is 0 Å². The SMILES string of the molecule is CCOC(=O)c1nnc(SC(C)C(C)O)o1. The molecule has 0 spiro atoms. The van der Waals surface area contributed by atoms with Gasteiger partial charge in [0.2, 0.25) is 0 Å². The van der Waals surface area contributed by atoms with Gasteiger partial charge in [-0.2, -0.15) is 0 Å². The molecule has 90 valence electrons. The van der Waals surface area contributed by atoms with Gasteiger partial charge in [0.1, 0.15) is 0 Å². The largest absolute Gasteiger partial charge is 0.459 e. The van der Waals surface area contributed by atoms with Crippen LogP contribution in [0.5, 0.6) is 0 Å². The van der Waals surface area contributed by atoms with Gasteiger partial charge in [-0.15, -0.1) is 5.10 Å². The van der Waals surface area contributed by atoms with Crippen molar-refractivity contribution in [3.8, 4) is 0 Å². The van der Waals surface area contributed by atoms with Crippen LogP contribution in [0.2, 0.25) is 0 Å². The summed E-state index contributed by atoms with van der Waals surface area (Å²) in [5, 5.41) is 16.7. The zero-order valence-electron chi connectivity index (χ0n) is 9.34. The third kappa shape index (κ3) is 3.49. The smallest absolute Gasteiger partial charge is 0.396 e. The zero-order valence-corrected chi connectivity index (χ0v) is 10.2. The summed E-state index contributed by atoms with van der Waals surface area (Å²) in [5.41, 5.74) is 0. The molecule has 1 rings (SSSR count). The van der Waals surface area contributed by atoms with E-state index in [0.717, 1.165) is 0 Å². The van der Waals surface area contributed by atoms with E-state index in [0.29, 0.717) is 0 Å². The predicted octanol–water partition coefficient (Wildman–Crippen LogP) is 1.11. The summed E-state index contributed by atoms with van der Waals surface area (Å²) in [6, 6.07) is 0. The summed E-state index contributed by atoms with van der Waals surface area (Å²) < 4.78 is 9.77. The van der Waals surface area contributed by atoms with E-state index >= 15 is 0 Å². The fraction of sp³-hybridized carbons (Fsp3) is 0.667. The maximum absolute atomic E-state index is 11.2. The first kappa shape index (κ1) is 13.0. The normalized spacial score (nSPS) is 14.5. The molecule has 0 aliphatic rings. The Morgan fingerprint density at radius 3 is 2.81 bits per heavy atom. The van der Waals surface area contributed by atoms with E-state index in [1.54, 1.807) is 13.8 Å². The van der Waals surface area contributed by atoms with Crippen molar-refractivity contribution in [3.63, 3.8) is 0 Å². The van der Waals surface area contributed by atoms with E-state index < -0.39 is 12.1 Å². The number of hydrogen-bond donors (Lipinski definition) is 1. The molecule has 0 fully saturated rings. The van der Waals surface area contributed by atoms with Crippen molar-refractivity contribution < 1.29 is 19.1 Å². The van der Waals surface area contributed by atoms with Crippen LogP contribution in [0.1, 0.15) is 31.5 Å². The van der Waals surface area contributed by atoms with Crippen LogP contribution in [0.4, 0.5) is 0 Å². The molecule has 0 saturated carbocycles. The van der Waals surface area contributed by atoms with Gasteiger partial charge >= 0.3 is 11.9 Å². The quantitative estimate of drug-likeness (QED) is 0.615. The third-order valence-corrected chi connectivity index (χ3v) is 2.95. The summed E-state index contributed by atoms with van der Waals surface area (Å²) in [6.07, 6.45) is -0.497. The highest BCUT2D eigenvalue weighted by Crippen LogP contribution is 2.23. The van der Waals surface area contributed by atoms with Crippen molar-refractivity contribution in [2.75, 3.05) is 6.61 Å². The topological polar surface area (TPSA) is 85.5 Å². The van der Waals surface area contributed by atoms with Crippen molar-refractivity contribution >= 4 is 17.7 Å². The number of rotatable bonds is 5. The number of ether oxygens (including phenoxy) is 1. The highest BCUT2D eigenvalue weighted by Gasteiger charge is 2.19. The molecule has 0 aliphatic heterocycles. The molecule has 16 heavy (non-hydrogen) atoms. The lowest BCUT2D eigenvalue weighted by Gasteiger charge is -2.10. The monoisotopic (exact) mass is 246 g/mol. The lowest BCUT2D eigenvalue weighted by molar-refractivity contribution is 0.0475. The second-order valence-electron chi connectivity index (χ2n) is 3.16. The van der Waals surface area contributed by atoms with E-state index in [-0.39, 0.29) is 23.0 Å². The van der Waals surface area contributed by atoms with E-state index in [4.69, 9.17) is 9.15 Å². The fourth-order valence-electron chi connectivity index (χ4n) is 0.790. The Morgan fingerprint density at radius 1 is 1.56 bits per heavy atom. The number of thioether (sulfide) groups is 1. The van der Waals surface area contributed by atoms with Crippen LogP contribution in [0.15, 0.2) is 9.64 Å². The van der Waals surface area contributed by atoms with Crippen LogP contribution in [0.3, 0.4) is 0 Å². The summed E-state index contributed by atoms with van der Waals surface area (Å²) in [6.45, 7) is 5.44. The number of aliphatic hydroxyl groups excluding tert-OH is 1. The van der Waals surface area contributed by atoms with Gasteiger partial charge in [-0.05, 0) is 13.8 Å². The molecule has 0 aliphatic carbocycles. The molecule has 1 aromatic rings. The van der Waals surface area contributed by atoms with Gasteiger partial charge in [0, 0.05) is 5.25 Å². The zero-order chi connectivity index (χ0) is 12.1. The molecule has 0 radical (unpaired) electrons. The minimum absolute atomic E-state index is 0.0875. The van der Waals surface area contributed by atoms with Crippen LogP contribution in [0.25, 0.3) is 0 Å². The predicted molar refractivity (Wildman–Crippen MR) is 57.3 cm³/mol. The highest BCUT2D eigenvalue weighted by molar-refractivity contribution is 7.99. The Bertz CT molecular complexity index is 353. The minimum Gasteiger partial charge on any atom is -0.459 e. The van der Waals surface area contributed by atoms with Crippen LogP contribution in [-0.2, 0) is 4.74 Å². The molecule has 0 amide bonds. The van der Waals surface area contributed by atoms with Crippen LogP contribution in [-0.4, -0.2) is 39.2 Å². The second-order valence-corrected chi connectivity index (χ2v) is 4.49. The number of carbonyl (C=O) groups is 1. The van der Waals surface area contributed by atoms with Gasteiger partial charge < -0.3 is 14.3 Å². The number of nitrogens with zero attached hydrogens (tertiary/aromatic N) is 2. The molecule has 1 N–H and O–H groups in total. The first-order valence-electron chi connectivity index (χ1n) is 4.90. The standard InChI is InChI=1S/C9H14N2O4S/c1-4-14-8(13)7-10-11-9(15-7)16-6(3)5(2)12/h5-6,12H,4H2,1-3H3. The van der Waals surface area contributed by atoms with Gasteiger partial charge in [0.05, 0.1) is 12.7 Å². The molecule has 1 aromatic heterocycles. The summed E-state index contributed by atoms with van der Waals surface area (Å²) in [7, 11) is 0. The lowest BCUT2D eigenvalue weighted by Crippen LogP contribution is -2.14. The molecule has 0 saturated heterocycles. The van der Waals surface area contributed by atoms with E-state index in [1.807, 2.05) is 6.92 Å². The molecule has 6 nitrogen and oxygen atoms in total. The second kappa shape index (κ2) is 5.86. The molecule has 0 bridgehead atoms. The Morgan fingerprint density at radius 2 is 2.25 bits per heavy atom. The average molecular weight is 246 g/mol. The van der Waals surface area contributed by atoms with E-state index in [1.165, 1.54) is 11.8 Å². The first-order chi connectivity index (χ1) is 7.54. The molecule has 7 heteroatoms. The first-order valence-corrected chi connectivity index (χ1v) is 5.78. The van der Waals surface area contributed by atoms with E-state index in [2.05, 4.69) is 10.2 Å². The number of esters is 1. The Balaban J connectivity index is 2.61. The molecular weight excluding hydrogens is 232 g/mol. The molecule has 0 aromatic carbocycles.